The van der Waals surface area contributed by atoms with E-state index < -0.39 is 22.4 Å². The fourth-order valence-electron chi connectivity index (χ4n) is 3.67. The lowest BCUT2D eigenvalue weighted by Gasteiger charge is -2.18. The second kappa shape index (κ2) is 8.99. The topological polar surface area (TPSA) is 133 Å². The minimum Gasteiger partial charge on any atom is -0.486 e. The zero-order valence-electron chi connectivity index (χ0n) is 17.9. The van der Waals surface area contributed by atoms with Gasteiger partial charge < -0.3 is 24.5 Å². The lowest BCUT2D eigenvalue weighted by Crippen LogP contribution is -2.18. The first kappa shape index (κ1) is 22.2. The molecule has 2 heterocycles. The van der Waals surface area contributed by atoms with Crippen LogP contribution in [-0.4, -0.2) is 30.0 Å². The van der Waals surface area contributed by atoms with Crippen molar-refractivity contribution in [2.24, 2.45) is 0 Å². The minimum atomic E-state index is -0.820. The molecule has 11 heteroatoms. The number of ether oxygens (including phenoxy) is 2. The van der Waals surface area contributed by atoms with Crippen molar-refractivity contribution in [3.63, 3.8) is 0 Å². The number of benzene rings is 3. The van der Waals surface area contributed by atoms with Crippen molar-refractivity contribution in [3.8, 4) is 11.5 Å². The van der Waals surface area contributed by atoms with Gasteiger partial charge in [-0.25, -0.2) is 0 Å². The number of carbonyl (C=O) groups excluding carboxylic acids is 2. The van der Waals surface area contributed by atoms with Gasteiger partial charge in [-0.1, -0.05) is 23.7 Å². The average molecular weight is 494 g/mol. The summed E-state index contributed by atoms with van der Waals surface area (Å²) in [6.45, 7) is 0.825. The van der Waals surface area contributed by atoms with Gasteiger partial charge in [0, 0.05) is 28.2 Å². The lowest BCUT2D eigenvalue weighted by molar-refractivity contribution is -0.385. The molecule has 4 aromatic rings. The molecular formula is C24H16ClN3O7. The van der Waals surface area contributed by atoms with Gasteiger partial charge in [-0.15, -0.1) is 0 Å². The van der Waals surface area contributed by atoms with E-state index in [0.29, 0.717) is 41.4 Å². The Kier molecular flexibility index (Phi) is 5.71. The summed E-state index contributed by atoms with van der Waals surface area (Å²) >= 11 is 5.96. The number of para-hydroxylation sites is 1. The highest BCUT2D eigenvalue weighted by Crippen LogP contribution is 2.35. The van der Waals surface area contributed by atoms with Crippen LogP contribution in [0.4, 0.5) is 17.1 Å². The Labute approximate surface area is 202 Å². The largest absolute Gasteiger partial charge is 0.486 e. The Hall–Kier alpha value is -4.57. The normalized spacial score (nSPS) is 12.3. The van der Waals surface area contributed by atoms with E-state index in [1.165, 1.54) is 12.1 Å². The number of nitrogens with zero attached hydrogens (tertiary/aromatic N) is 1. The fourth-order valence-corrected chi connectivity index (χ4v) is 3.84. The summed E-state index contributed by atoms with van der Waals surface area (Å²) in [6, 6.07) is 15.3. The number of halogens is 1. The third kappa shape index (κ3) is 4.34. The molecule has 0 fully saturated rings. The highest BCUT2D eigenvalue weighted by Gasteiger charge is 2.26. The number of fused-ring (bicyclic) bond motifs is 2. The number of nitrogens with one attached hydrogen (secondary N) is 2. The van der Waals surface area contributed by atoms with Crippen molar-refractivity contribution in [1.82, 2.24) is 0 Å². The van der Waals surface area contributed by atoms with Crippen molar-refractivity contribution in [1.29, 1.82) is 0 Å². The SMILES string of the molecule is O=C(Nc1c(C(=O)Nc2ccc3c(c2)OCCO3)oc2ccccc12)c1cc(Cl)ccc1[N+](=O)[O-]. The second-order valence-corrected chi connectivity index (χ2v) is 7.92. The molecule has 176 valence electrons. The maximum Gasteiger partial charge on any atom is 0.293 e. The second-order valence-electron chi connectivity index (χ2n) is 7.49. The molecule has 0 unspecified atom stereocenters. The van der Waals surface area contributed by atoms with Crippen LogP contribution in [0.25, 0.3) is 11.0 Å². The van der Waals surface area contributed by atoms with E-state index in [4.69, 9.17) is 25.5 Å². The molecule has 0 spiro atoms. The number of rotatable bonds is 5. The molecule has 0 saturated carbocycles. The number of anilines is 2. The van der Waals surface area contributed by atoms with Crippen molar-refractivity contribution in [2.45, 2.75) is 0 Å². The molecule has 2 amide bonds. The van der Waals surface area contributed by atoms with E-state index in [0.717, 1.165) is 6.07 Å². The van der Waals surface area contributed by atoms with Crippen molar-refractivity contribution < 1.29 is 28.4 Å². The lowest BCUT2D eigenvalue weighted by atomic mass is 10.1. The Morgan fingerprint density at radius 2 is 1.69 bits per heavy atom. The molecular weight excluding hydrogens is 478 g/mol. The Morgan fingerprint density at radius 1 is 0.914 bits per heavy atom. The number of carbonyl (C=O) groups is 2. The Bertz CT molecular complexity index is 1500. The minimum absolute atomic E-state index is 0.0647. The molecule has 2 N–H and O–H groups in total. The van der Waals surface area contributed by atoms with Crippen LogP contribution in [-0.2, 0) is 0 Å². The number of hydrogen-bond donors (Lipinski definition) is 2. The van der Waals surface area contributed by atoms with Crippen LogP contribution in [0.1, 0.15) is 20.9 Å². The summed E-state index contributed by atoms with van der Waals surface area (Å²) in [6.07, 6.45) is 0. The molecule has 0 saturated heterocycles. The quantitative estimate of drug-likeness (QED) is 0.286. The zero-order valence-corrected chi connectivity index (χ0v) is 18.6. The van der Waals surface area contributed by atoms with Crippen LogP contribution < -0.4 is 20.1 Å². The van der Waals surface area contributed by atoms with Crippen LogP contribution in [0.3, 0.4) is 0 Å². The van der Waals surface area contributed by atoms with Gasteiger partial charge >= 0.3 is 0 Å². The van der Waals surface area contributed by atoms with E-state index in [-0.39, 0.29) is 22.0 Å². The van der Waals surface area contributed by atoms with Crippen LogP contribution in [0.5, 0.6) is 11.5 Å². The predicted octanol–water partition coefficient (Wildman–Crippen LogP) is 5.27. The predicted molar refractivity (Wildman–Crippen MR) is 128 cm³/mol. The Balaban J connectivity index is 1.49. The van der Waals surface area contributed by atoms with Crippen LogP contribution in [0, 0.1) is 10.1 Å². The van der Waals surface area contributed by atoms with E-state index in [1.807, 2.05) is 0 Å². The fraction of sp³-hybridized carbons (Fsp3) is 0.0833. The summed E-state index contributed by atoms with van der Waals surface area (Å²) in [5.41, 5.74) is 0.140. The molecule has 0 bridgehead atoms. The van der Waals surface area contributed by atoms with Gasteiger partial charge in [-0.2, -0.15) is 0 Å². The van der Waals surface area contributed by atoms with Gasteiger partial charge in [0.15, 0.2) is 11.5 Å². The first-order chi connectivity index (χ1) is 16.9. The number of nitro groups is 1. The monoisotopic (exact) mass is 493 g/mol. The van der Waals surface area contributed by atoms with Crippen molar-refractivity contribution in [3.05, 3.63) is 87.1 Å². The molecule has 0 aliphatic carbocycles. The smallest absolute Gasteiger partial charge is 0.293 e. The van der Waals surface area contributed by atoms with Crippen molar-refractivity contribution >= 4 is 51.4 Å². The molecule has 3 aromatic carbocycles. The molecule has 10 nitrogen and oxygen atoms in total. The maximum atomic E-state index is 13.2. The molecule has 1 aliphatic heterocycles. The van der Waals surface area contributed by atoms with E-state index >= 15 is 0 Å². The van der Waals surface area contributed by atoms with Crippen LogP contribution >= 0.6 is 11.6 Å². The Morgan fingerprint density at radius 3 is 2.49 bits per heavy atom. The van der Waals surface area contributed by atoms with Gasteiger partial charge in [0.2, 0.25) is 5.76 Å². The number of hydrogen-bond acceptors (Lipinski definition) is 7. The number of nitro benzene ring substituents is 1. The third-order valence-electron chi connectivity index (χ3n) is 5.24. The van der Waals surface area contributed by atoms with Crippen LogP contribution in [0.2, 0.25) is 5.02 Å². The maximum absolute atomic E-state index is 13.2. The van der Waals surface area contributed by atoms with Gasteiger partial charge in [-0.05, 0) is 36.4 Å². The first-order valence-electron chi connectivity index (χ1n) is 10.4. The third-order valence-corrected chi connectivity index (χ3v) is 5.48. The summed E-state index contributed by atoms with van der Waals surface area (Å²) < 4.78 is 16.8. The summed E-state index contributed by atoms with van der Waals surface area (Å²) in [5.74, 6) is -0.596. The zero-order chi connectivity index (χ0) is 24.5. The van der Waals surface area contributed by atoms with E-state index in [2.05, 4.69) is 10.6 Å². The van der Waals surface area contributed by atoms with E-state index in [1.54, 1.807) is 42.5 Å². The molecule has 0 radical (unpaired) electrons. The van der Waals surface area contributed by atoms with E-state index in [9.17, 15) is 19.7 Å². The van der Waals surface area contributed by atoms with Gasteiger partial charge in [0.05, 0.1) is 4.92 Å². The molecule has 1 aromatic heterocycles. The standard InChI is InChI=1S/C24H16ClN3O7/c25-13-5-7-17(28(31)32)16(11-13)23(29)27-21-15-3-1-2-4-18(15)35-22(21)24(30)26-14-6-8-19-20(12-14)34-10-9-33-19/h1-8,11-12H,9-10H2,(H,26,30)(H,27,29). The highest BCUT2D eigenvalue weighted by molar-refractivity contribution is 6.31. The van der Waals surface area contributed by atoms with Gasteiger partial charge in [0.1, 0.15) is 30.0 Å². The molecule has 1 aliphatic rings. The van der Waals surface area contributed by atoms with Gasteiger partial charge in [-0.3, -0.25) is 19.7 Å². The summed E-state index contributed by atoms with van der Waals surface area (Å²) in [4.78, 5) is 36.9. The first-order valence-corrected chi connectivity index (χ1v) is 10.8. The summed E-state index contributed by atoms with van der Waals surface area (Å²) in [5, 5.41) is 17.3. The highest BCUT2D eigenvalue weighted by atomic mass is 35.5. The summed E-state index contributed by atoms with van der Waals surface area (Å²) in [7, 11) is 0. The molecule has 0 atom stereocenters. The molecule has 35 heavy (non-hydrogen) atoms. The van der Waals surface area contributed by atoms with Crippen LogP contribution in [0.15, 0.2) is 65.1 Å². The molecule has 5 rings (SSSR count). The van der Waals surface area contributed by atoms with Gasteiger partial charge in [0.25, 0.3) is 17.5 Å². The number of furan rings is 1. The average Bonchev–Trinajstić information content (AvgIpc) is 3.22. The van der Waals surface area contributed by atoms with Crippen molar-refractivity contribution in [2.75, 3.05) is 23.8 Å². The number of amides is 2.